The number of carbonyl (C=O) groups is 1. The summed E-state index contributed by atoms with van der Waals surface area (Å²) in [6.07, 6.45) is 3.39. The maximum Gasteiger partial charge on any atom is 0.221 e. The minimum absolute atomic E-state index is 0.0919. The molecule has 1 amide bonds. The first kappa shape index (κ1) is 17.9. The van der Waals surface area contributed by atoms with Crippen molar-refractivity contribution in [3.8, 4) is 0 Å². The highest BCUT2D eigenvalue weighted by molar-refractivity contribution is 7.88. The van der Waals surface area contributed by atoms with Crippen molar-refractivity contribution in [2.45, 2.75) is 31.9 Å². The van der Waals surface area contributed by atoms with Crippen LogP contribution in [0.15, 0.2) is 30.3 Å². The molecule has 1 atom stereocenters. The average molecular weight is 340 g/mol. The van der Waals surface area contributed by atoms with Gasteiger partial charge in [0.15, 0.2) is 0 Å². The second kappa shape index (κ2) is 8.42. The topological polar surface area (TPSA) is 75.7 Å². The third kappa shape index (κ3) is 6.29. The van der Waals surface area contributed by atoms with E-state index in [0.29, 0.717) is 6.54 Å². The molecule has 1 N–H and O–H groups in total. The van der Waals surface area contributed by atoms with Crippen LogP contribution in [0.25, 0.3) is 0 Å². The molecular formula is C16H24N2O4S. The van der Waals surface area contributed by atoms with Gasteiger partial charge in [0.2, 0.25) is 15.9 Å². The zero-order chi connectivity index (χ0) is 16.7. The Balaban J connectivity index is 1.82. The smallest absolute Gasteiger partial charge is 0.221 e. The molecule has 0 bridgehead atoms. The van der Waals surface area contributed by atoms with Crippen LogP contribution in [0.1, 0.15) is 24.8 Å². The van der Waals surface area contributed by atoms with Gasteiger partial charge in [0.1, 0.15) is 0 Å². The van der Waals surface area contributed by atoms with E-state index in [0.717, 1.165) is 25.0 Å². The van der Waals surface area contributed by atoms with Crippen molar-refractivity contribution in [3.05, 3.63) is 35.9 Å². The SMILES string of the molecule is CS(=O)(=O)N(CCC(=O)NCC1CCCO1)Cc1ccccc1. The fourth-order valence-corrected chi connectivity index (χ4v) is 3.30. The second-order valence-corrected chi connectivity index (χ2v) is 7.75. The second-order valence-electron chi connectivity index (χ2n) is 5.77. The van der Waals surface area contributed by atoms with E-state index in [-0.39, 0.29) is 31.5 Å². The number of benzene rings is 1. The normalized spacial score (nSPS) is 18.3. The van der Waals surface area contributed by atoms with Crippen molar-refractivity contribution in [1.82, 2.24) is 9.62 Å². The summed E-state index contributed by atoms with van der Waals surface area (Å²) >= 11 is 0. The Labute approximate surface area is 137 Å². The van der Waals surface area contributed by atoms with E-state index in [2.05, 4.69) is 5.32 Å². The molecule has 0 spiro atoms. The standard InChI is InChI=1S/C16H24N2O4S/c1-23(20,21)18(13-14-6-3-2-4-7-14)10-9-16(19)17-12-15-8-5-11-22-15/h2-4,6-7,15H,5,8-13H2,1H3,(H,17,19). The van der Waals surface area contributed by atoms with Gasteiger partial charge in [0, 0.05) is 32.7 Å². The molecule has 2 rings (SSSR count). The van der Waals surface area contributed by atoms with Crippen LogP contribution >= 0.6 is 0 Å². The van der Waals surface area contributed by atoms with Gasteiger partial charge in [-0.25, -0.2) is 8.42 Å². The predicted molar refractivity (Wildman–Crippen MR) is 88.3 cm³/mol. The third-order valence-electron chi connectivity index (χ3n) is 3.81. The zero-order valence-corrected chi connectivity index (χ0v) is 14.2. The van der Waals surface area contributed by atoms with Crippen molar-refractivity contribution >= 4 is 15.9 Å². The minimum Gasteiger partial charge on any atom is -0.376 e. The summed E-state index contributed by atoms with van der Waals surface area (Å²) in [5, 5.41) is 2.81. The van der Waals surface area contributed by atoms with Gasteiger partial charge < -0.3 is 10.1 Å². The molecule has 0 aliphatic carbocycles. The zero-order valence-electron chi connectivity index (χ0n) is 13.4. The summed E-state index contributed by atoms with van der Waals surface area (Å²) in [6, 6.07) is 9.35. The van der Waals surface area contributed by atoms with E-state index in [1.54, 1.807) is 0 Å². The van der Waals surface area contributed by atoms with Gasteiger partial charge in [-0.1, -0.05) is 30.3 Å². The van der Waals surface area contributed by atoms with E-state index in [1.807, 2.05) is 30.3 Å². The van der Waals surface area contributed by atoms with Crippen molar-refractivity contribution in [1.29, 1.82) is 0 Å². The predicted octanol–water partition coefficient (Wildman–Crippen LogP) is 1.13. The van der Waals surface area contributed by atoms with Crippen LogP contribution in [-0.4, -0.2) is 50.7 Å². The molecule has 0 aromatic heterocycles. The lowest BCUT2D eigenvalue weighted by Gasteiger charge is -2.20. The molecule has 1 unspecified atom stereocenters. The largest absolute Gasteiger partial charge is 0.376 e. The molecule has 7 heteroatoms. The Morgan fingerprint density at radius 3 is 2.70 bits per heavy atom. The van der Waals surface area contributed by atoms with E-state index >= 15 is 0 Å². The molecule has 1 heterocycles. The number of amides is 1. The fourth-order valence-electron chi connectivity index (χ4n) is 2.50. The molecule has 1 fully saturated rings. The van der Waals surface area contributed by atoms with E-state index in [9.17, 15) is 13.2 Å². The summed E-state index contributed by atoms with van der Waals surface area (Å²) in [5.41, 5.74) is 0.901. The van der Waals surface area contributed by atoms with Crippen molar-refractivity contribution in [2.24, 2.45) is 0 Å². The lowest BCUT2D eigenvalue weighted by atomic mass is 10.2. The molecule has 23 heavy (non-hydrogen) atoms. The lowest BCUT2D eigenvalue weighted by molar-refractivity contribution is -0.121. The third-order valence-corrected chi connectivity index (χ3v) is 5.06. The molecule has 1 aromatic rings. The molecular weight excluding hydrogens is 316 g/mol. The van der Waals surface area contributed by atoms with Crippen LogP contribution in [-0.2, 0) is 26.1 Å². The Bertz CT molecular complexity index is 598. The van der Waals surface area contributed by atoms with Crippen molar-refractivity contribution in [2.75, 3.05) is 26.0 Å². The number of nitrogens with zero attached hydrogens (tertiary/aromatic N) is 1. The van der Waals surface area contributed by atoms with E-state index < -0.39 is 10.0 Å². The summed E-state index contributed by atoms with van der Waals surface area (Å²) < 4.78 is 30.5. The number of sulfonamides is 1. The number of rotatable bonds is 8. The van der Waals surface area contributed by atoms with Crippen molar-refractivity contribution in [3.63, 3.8) is 0 Å². The summed E-state index contributed by atoms with van der Waals surface area (Å²) in [4.78, 5) is 11.9. The Kier molecular flexibility index (Phi) is 6.56. The fraction of sp³-hybridized carbons (Fsp3) is 0.562. The molecule has 0 radical (unpaired) electrons. The summed E-state index contributed by atoms with van der Waals surface area (Å²) in [5.74, 6) is -0.151. The molecule has 128 valence electrons. The van der Waals surface area contributed by atoms with Gasteiger partial charge in [-0.3, -0.25) is 4.79 Å². The minimum atomic E-state index is -3.36. The highest BCUT2D eigenvalue weighted by Crippen LogP contribution is 2.11. The number of hydrogen-bond donors (Lipinski definition) is 1. The van der Waals surface area contributed by atoms with Gasteiger partial charge in [0.05, 0.1) is 12.4 Å². The van der Waals surface area contributed by atoms with Crippen LogP contribution in [0, 0.1) is 0 Å². The van der Waals surface area contributed by atoms with Crippen LogP contribution in [0.5, 0.6) is 0 Å². The van der Waals surface area contributed by atoms with Crippen LogP contribution < -0.4 is 5.32 Å². The van der Waals surface area contributed by atoms with Gasteiger partial charge >= 0.3 is 0 Å². The Hall–Kier alpha value is -1.44. The molecule has 1 aliphatic heterocycles. The highest BCUT2D eigenvalue weighted by Gasteiger charge is 2.19. The summed E-state index contributed by atoms with van der Waals surface area (Å²) in [6.45, 7) is 1.69. The Morgan fingerprint density at radius 1 is 1.35 bits per heavy atom. The lowest BCUT2D eigenvalue weighted by Crippen LogP contribution is -2.36. The first-order valence-electron chi connectivity index (χ1n) is 7.82. The van der Waals surface area contributed by atoms with Crippen LogP contribution in [0.4, 0.5) is 0 Å². The monoisotopic (exact) mass is 340 g/mol. The summed E-state index contributed by atoms with van der Waals surface area (Å²) in [7, 11) is -3.36. The molecule has 6 nitrogen and oxygen atoms in total. The average Bonchev–Trinajstić information content (AvgIpc) is 3.02. The highest BCUT2D eigenvalue weighted by atomic mass is 32.2. The number of hydrogen-bond acceptors (Lipinski definition) is 4. The number of carbonyl (C=O) groups excluding carboxylic acids is 1. The quantitative estimate of drug-likeness (QED) is 0.770. The van der Waals surface area contributed by atoms with E-state index in [1.165, 1.54) is 10.6 Å². The van der Waals surface area contributed by atoms with Gasteiger partial charge in [-0.2, -0.15) is 4.31 Å². The van der Waals surface area contributed by atoms with Gasteiger partial charge in [0.25, 0.3) is 0 Å². The number of ether oxygens (including phenoxy) is 1. The van der Waals surface area contributed by atoms with Gasteiger partial charge in [-0.05, 0) is 18.4 Å². The van der Waals surface area contributed by atoms with Gasteiger partial charge in [-0.15, -0.1) is 0 Å². The number of nitrogens with one attached hydrogen (secondary N) is 1. The van der Waals surface area contributed by atoms with E-state index in [4.69, 9.17) is 4.74 Å². The maximum absolute atomic E-state index is 11.9. The molecule has 1 saturated heterocycles. The molecule has 1 aliphatic rings. The Morgan fingerprint density at radius 2 is 2.09 bits per heavy atom. The van der Waals surface area contributed by atoms with Crippen LogP contribution in [0.3, 0.4) is 0 Å². The van der Waals surface area contributed by atoms with Crippen LogP contribution in [0.2, 0.25) is 0 Å². The molecule has 1 aromatic carbocycles. The first-order valence-corrected chi connectivity index (χ1v) is 9.67. The maximum atomic E-state index is 11.9. The molecule has 0 saturated carbocycles. The first-order chi connectivity index (χ1) is 10.9. The van der Waals surface area contributed by atoms with Crippen molar-refractivity contribution < 1.29 is 17.9 Å².